The summed E-state index contributed by atoms with van der Waals surface area (Å²) in [5.41, 5.74) is 9.64. The summed E-state index contributed by atoms with van der Waals surface area (Å²) in [6.45, 7) is 1.04. The minimum absolute atomic E-state index is 0.145. The van der Waals surface area contributed by atoms with Crippen molar-refractivity contribution in [2.24, 2.45) is 0 Å². The topological polar surface area (TPSA) is 108 Å². The van der Waals surface area contributed by atoms with Crippen LogP contribution in [-0.2, 0) is 0 Å². The second-order valence-electron chi connectivity index (χ2n) is 7.79. The molecular weight excluding hydrogens is 423 g/mol. The first-order valence-electron chi connectivity index (χ1n) is 10.4. The van der Waals surface area contributed by atoms with Crippen molar-refractivity contribution in [1.29, 1.82) is 0 Å². The lowest BCUT2D eigenvalue weighted by Crippen LogP contribution is -2.20. The van der Waals surface area contributed by atoms with E-state index in [4.69, 9.17) is 10.5 Å². The molecule has 4 rings (SSSR count). The lowest BCUT2D eigenvalue weighted by molar-refractivity contribution is 0.252. The smallest absolute Gasteiger partial charge is 0.323 e. The van der Waals surface area contributed by atoms with Crippen LogP contribution in [0.25, 0.3) is 22.0 Å². The monoisotopic (exact) mass is 448 g/mol. The van der Waals surface area contributed by atoms with Crippen LogP contribution in [0.2, 0.25) is 0 Å². The zero-order valence-electron chi connectivity index (χ0n) is 18.4. The normalized spacial score (nSPS) is 11.0. The van der Waals surface area contributed by atoms with Gasteiger partial charge in [0.15, 0.2) is 17.4 Å². The van der Waals surface area contributed by atoms with Crippen molar-refractivity contribution in [3.63, 3.8) is 0 Å². The predicted octanol–water partition coefficient (Wildman–Crippen LogP) is 4.54. The largest absolute Gasteiger partial charge is 0.489 e. The summed E-state index contributed by atoms with van der Waals surface area (Å²) in [5.74, 6) is 0.0406. The third kappa shape index (κ3) is 5.21. The zero-order chi connectivity index (χ0) is 23.4. The molecule has 33 heavy (non-hydrogen) atoms. The minimum Gasteiger partial charge on any atom is -0.489 e. The number of hydrogen-bond acceptors (Lipinski definition) is 5. The van der Waals surface area contributed by atoms with Gasteiger partial charge in [0.25, 0.3) is 0 Å². The molecule has 170 valence electrons. The maximum Gasteiger partial charge on any atom is 0.323 e. The number of ether oxygens (including phenoxy) is 1. The van der Waals surface area contributed by atoms with E-state index >= 15 is 0 Å². The highest BCUT2D eigenvalue weighted by Crippen LogP contribution is 2.31. The van der Waals surface area contributed by atoms with Gasteiger partial charge in [-0.1, -0.05) is 24.3 Å². The Morgan fingerprint density at radius 1 is 1.09 bits per heavy atom. The second kappa shape index (κ2) is 9.58. The number of carbonyl (C=O) groups is 1. The molecule has 1 aromatic heterocycles. The number of aromatic amines is 1. The number of nitrogens with two attached hydrogens (primary N) is 1. The lowest BCUT2D eigenvalue weighted by Gasteiger charge is -2.13. The zero-order valence-corrected chi connectivity index (χ0v) is 18.4. The quantitative estimate of drug-likeness (QED) is 0.332. The van der Waals surface area contributed by atoms with Crippen LogP contribution in [0.15, 0.2) is 60.7 Å². The number of hydrogen-bond donors (Lipinski definition) is 4. The molecule has 0 aliphatic rings. The molecule has 5 N–H and O–H groups in total. The Labute approximate surface area is 190 Å². The van der Waals surface area contributed by atoms with E-state index in [1.54, 1.807) is 18.2 Å². The molecule has 0 unspecified atom stereocenters. The van der Waals surface area contributed by atoms with Crippen molar-refractivity contribution in [3.05, 3.63) is 66.5 Å². The number of urea groups is 1. The molecule has 2 amide bonds. The van der Waals surface area contributed by atoms with Gasteiger partial charge in [-0.05, 0) is 55.6 Å². The first-order chi connectivity index (χ1) is 15.9. The highest BCUT2D eigenvalue weighted by Gasteiger charge is 2.11. The van der Waals surface area contributed by atoms with Crippen LogP contribution in [0.5, 0.6) is 5.75 Å². The Bertz CT molecular complexity index is 1270. The number of halogens is 1. The van der Waals surface area contributed by atoms with Crippen LogP contribution in [-0.4, -0.2) is 48.4 Å². The Morgan fingerprint density at radius 2 is 1.82 bits per heavy atom. The molecule has 0 bridgehead atoms. The molecule has 0 saturated carbocycles. The van der Waals surface area contributed by atoms with Crippen LogP contribution in [0.4, 0.5) is 26.4 Å². The van der Waals surface area contributed by atoms with Crippen LogP contribution in [0, 0.1) is 5.82 Å². The standard InChI is InChI=1S/C24H25FN6O2/c1-31(2)12-13-33-21-11-10-17(14-19(21)25)28-24(32)27-16-8-6-15(7-9-16)18-4-3-5-20-22(18)23(26)30-29-20/h3-11,14H,12-13H2,1-2H3,(H3,26,29,30)(H2,27,28,32). The molecule has 9 heteroatoms. The van der Waals surface area contributed by atoms with Crippen LogP contribution in [0.3, 0.4) is 0 Å². The summed E-state index contributed by atoms with van der Waals surface area (Å²) in [5, 5.41) is 13.2. The second-order valence-corrected chi connectivity index (χ2v) is 7.79. The number of nitrogens with one attached hydrogen (secondary N) is 3. The maximum atomic E-state index is 14.2. The van der Waals surface area contributed by atoms with Gasteiger partial charge in [-0.25, -0.2) is 9.18 Å². The Balaban J connectivity index is 1.39. The number of H-pyrrole nitrogens is 1. The van der Waals surface area contributed by atoms with E-state index < -0.39 is 11.8 Å². The fourth-order valence-electron chi connectivity index (χ4n) is 3.40. The third-order valence-electron chi connectivity index (χ3n) is 5.06. The SMILES string of the molecule is CN(C)CCOc1ccc(NC(=O)Nc2ccc(-c3cccc4[nH]nc(N)c34)cc2)cc1F. The summed E-state index contributed by atoms with van der Waals surface area (Å²) >= 11 is 0. The number of rotatable bonds is 7. The fourth-order valence-corrected chi connectivity index (χ4v) is 3.40. The molecular formula is C24H25FN6O2. The average molecular weight is 449 g/mol. The van der Waals surface area contributed by atoms with Gasteiger partial charge in [-0.3, -0.25) is 5.10 Å². The molecule has 3 aromatic carbocycles. The first kappa shape index (κ1) is 22.1. The van der Waals surface area contributed by atoms with Crippen molar-refractivity contribution in [2.75, 3.05) is 43.6 Å². The summed E-state index contributed by atoms with van der Waals surface area (Å²) in [6, 6.07) is 17.0. The van der Waals surface area contributed by atoms with E-state index in [2.05, 4.69) is 20.8 Å². The van der Waals surface area contributed by atoms with E-state index in [9.17, 15) is 9.18 Å². The van der Waals surface area contributed by atoms with Crippen LogP contribution < -0.4 is 21.1 Å². The van der Waals surface area contributed by atoms with Crippen molar-refractivity contribution in [2.45, 2.75) is 0 Å². The molecule has 0 fully saturated rings. The number of carbonyl (C=O) groups excluding carboxylic acids is 1. The molecule has 0 aliphatic carbocycles. The summed E-state index contributed by atoms with van der Waals surface area (Å²) < 4.78 is 19.7. The number of amides is 2. The highest BCUT2D eigenvalue weighted by atomic mass is 19.1. The van der Waals surface area contributed by atoms with Gasteiger partial charge in [0, 0.05) is 24.0 Å². The number of nitrogens with zero attached hydrogens (tertiary/aromatic N) is 2. The Kier molecular flexibility index (Phi) is 6.41. The van der Waals surface area contributed by atoms with Crippen LogP contribution >= 0.6 is 0 Å². The van der Waals surface area contributed by atoms with Gasteiger partial charge >= 0.3 is 6.03 Å². The summed E-state index contributed by atoms with van der Waals surface area (Å²) in [7, 11) is 3.82. The van der Waals surface area contributed by atoms with E-state index in [1.807, 2.05) is 49.3 Å². The van der Waals surface area contributed by atoms with Crippen molar-refractivity contribution in [3.8, 4) is 16.9 Å². The van der Waals surface area contributed by atoms with Crippen molar-refractivity contribution < 1.29 is 13.9 Å². The number of nitrogen functional groups attached to an aromatic ring is 1. The van der Waals surface area contributed by atoms with E-state index in [1.165, 1.54) is 12.1 Å². The number of anilines is 3. The number of likely N-dealkylation sites (N-methyl/N-ethyl adjacent to an activating group) is 1. The number of benzene rings is 3. The number of aromatic nitrogens is 2. The molecule has 0 radical (unpaired) electrons. The van der Waals surface area contributed by atoms with Gasteiger partial charge in [-0.15, -0.1) is 0 Å². The van der Waals surface area contributed by atoms with Gasteiger partial charge < -0.3 is 26.0 Å². The summed E-state index contributed by atoms with van der Waals surface area (Å²) in [4.78, 5) is 14.3. The molecule has 0 atom stereocenters. The highest BCUT2D eigenvalue weighted by molar-refractivity contribution is 6.02. The Morgan fingerprint density at radius 3 is 2.55 bits per heavy atom. The average Bonchev–Trinajstić information content (AvgIpc) is 3.17. The van der Waals surface area contributed by atoms with Gasteiger partial charge in [0.2, 0.25) is 0 Å². The lowest BCUT2D eigenvalue weighted by atomic mass is 10.0. The number of fused-ring (bicyclic) bond motifs is 1. The van der Waals surface area contributed by atoms with Crippen molar-refractivity contribution >= 4 is 34.1 Å². The molecule has 0 aliphatic heterocycles. The van der Waals surface area contributed by atoms with E-state index in [-0.39, 0.29) is 5.75 Å². The third-order valence-corrected chi connectivity index (χ3v) is 5.06. The van der Waals surface area contributed by atoms with Crippen LogP contribution in [0.1, 0.15) is 0 Å². The van der Waals surface area contributed by atoms with Crippen molar-refractivity contribution in [1.82, 2.24) is 15.1 Å². The minimum atomic E-state index is -0.538. The van der Waals surface area contributed by atoms with Gasteiger partial charge in [0.1, 0.15) is 6.61 Å². The molecule has 1 heterocycles. The molecule has 0 saturated heterocycles. The molecule has 0 spiro atoms. The molecule has 4 aromatic rings. The maximum absolute atomic E-state index is 14.2. The summed E-state index contributed by atoms with van der Waals surface area (Å²) in [6.07, 6.45) is 0. The molecule has 8 nitrogen and oxygen atoms in total. The Hall–Kier alpha value is -4.11. The van der Waals surface area contributed by atoms with Gasteiger partial charge in [-0.2, -0.15) is 5.10 Å². The first-order valence-corrected chi connectivity index (χ1v) is 10.4. The fraction of sp³-hybridized carbons (Fsp3) is 0.167. The van der Waals surface area contributed by atoms with Gasteiger partial charge in [0.05, 0.1) is 10.9 Å². The van der Waals surface area contributed by atoms with E-state index in [0.29, 0.717) is 30.3 Å². The van der Waals surface area contributed by atoms with E-state index in [0.717, 1.165) is 22.0 Å². The predicted molar refractivity (Wildman–Crippen MR) is 129 cm³/mol.